The molecule has 2 N–H and O–H groups in total. The van der Waals surface area contributed by atoms with Gasteiger partial charge in [-0.15, -0.1) is 0 Å². The van der Waals surface area contributed by atoms with Crippen LogP contribution in [0.15, 0.2) is 0 Å². The second-order valence-corrected chi connectivity index (χ2v) is 1.97. The molecule has 10 heavy (non-hydrogen) atoms. The van der Waals surface area contributed by atoms with Crippen LogP contribution in [0.25, 0.3) is 0 Å². The lowest BCUT2D eigenvalue weighted by Crippen LogP contribution is -2.17. The van der Waals surface area contributed by atoms with Crippen LogP contribution < -0.4 is 0 Å². The van der Waals surface area contributed by atoms with Gasteiger partial charge in [-0.1, -0.05) is 0 Å². The van der Waals surface area contributed by atoms with Crippen molar-refractivity contribution in [2.45, 2.75) is 18.9 Å². The maximum absolute atomic E-state index is 10.1. The van der Waals surface area contributed by atoms with Gasteiger partial charge in [-0.05, 0) is 6.42 Å². The fraction of sp³-hybridized carbons (Fsp3) is 0.833. The molecule has 0 bridgehead atoms. The number of carboxylic acid groups (broad SMARTS) is 1. The summed E-state index contributed by atoms with van der Waals surface area (Å²) in [6.07, 6.45) is -0.0256. The van der Waals surface area contributed by atoms with Crippen LogP contribution in [-0.4, -0.2) is 36.0 Å². The monoisotopic (exact) mass is 148 g/mol. The van der Waals surface area contributed by atoms with Crippen LogP contribution in [-0.2, 0) is 9.53 Å². The molecule has 0 heterocycles. The summed E-state index contributed by atoms with van der Waals surface area (Å²) < 4.78 is 4.76. The third-order valence-electron chi connectivity index (χ3n) is 1.19. The van der Waals surface area contributed by atoms with Crippen LogP contribution in [0.3, 0.4) is 0 Å². The Labute approximate surface area is 59.4 Å². The molecule has 0 spiro atoms. The summed E-state index contributed by atoms with van der Waals surface area (Å²) in [7, 11) is 1.43. The summed E-state index contributed by atoms with van der Waals surface area (Å²) in [6, 6.07) is 0. The van der Waals surface area contributed by atoms with Gasteiger partial charge in [0.1, 0.15) is 0 Å². The molecule has 0 fully saturated rings. The van der Waals surface area contributed by atoms with Crippen LogP contribution in [0.4, 0.5) is 0 Å². The fourth-order valence-corrected chi connectivity index (χ4v) is 0.642. The lowest BCUT2D eigenvalue weighted by molar-refractivity contribution is -0.139. The lowest BCUT2D eigenvalue weighted by Gasteiger charge is -2.09. The van der Waals surface area contributed by atoms with Crippen LogP contribution in [0.2, 0.25) is 0 Å². The highest BCUT2D eigenvalue weighted by molar-refractivity contribution is 5.67. The van der Waals surface area contributed by atoms with Crippen molar-refractivity contribution >= 4 is 5.97 Å². The highest BCUT2D eigenvalue weighted by atomic mass is 16.5. The van der Waals surface area contributed by atoms with Crippen LogP contribution in [0.1, 0.15) is 12.8 Å². The number of hydrogen-bond acceptors (Lipinski definition) is 3. The Morgan fingerprint density at radius 3 is 2.60 bits per heavy atom. The minimum Gasteiger partial charge on any atom is -0.481 e. The molecule has 1 unspecified atom stereocenters. The van der Waals surface area contributed by atoms with E-state index in [1.54, 1.807) is 0 Å². The van der Waals surface area contributed by atoms with Gasteiger partial charge in [0.25, 0.3) is 0 Å². The molecule has 0 aliphatic heterocycles. The zero-order valence-corrected chi connectivity index (χ0v) is 5.91. The van der Waals surface area contributed by atoms with Crippen LogP contribution in [0, 0.1) is 0 Å². The van der Waals surface area contributed by atoms with Crippen molar-refractivity contribution in [3.63, 3.8) is 0 Å². The molecule has 0 aromatic carbocycles. The van der Waals surface area contributed by atoms with Crippen molar-refractivity contribution in [3.8, 4) is 0 Å². The van der Waals surface area contributed by atoms with E-state index in [2.05, 4.69) is 0 Å². The molecule has 0 saturated carbocycles. The largest absolute Gasteiger partial charge is 0.481 e. The minimum absolute atomic E-state index is 0.0359. The molecular weight excluding hydrogens is 136 g/mol. The molecule has 0 aromatic rings. The summed E-state index contributed by atoms with van der Waals surface area (Å²) in [6.45, 7) is -0.0359. The molecule has 60 valence electrons. The van der Waals surface area contributed by atoms with E-state index in [0.717, 1.165) is 0 Å². The third kappa shape index (κ3) is 4.29. The van der Waals surface area contributed by atoms with Crippen LogP contribution in [0.5, 0.6) is 0 Å². The van der Waals surface area contributed by atoms with Gasteiger partial charge in [-0.3, -0.25) is 4.79 Å². The predicted molar refractivity (Wildman–Crippen MR) is 34.8 cm³/mol. The second kappa shape index (κ2) is 5.20. The topological polar surface area (TPSA) is 66.8 Å². The maximum atomic E-state index is 10.1. The summed E-state index contributed by atoms with van der Waals surface area (Å²) in [5, 5.41) is 16.7. The molecular formula is C6H12O4. The summed E-state index contributed by atoms with van der Waals surface area (Å²) >= 11 is 0. The van der Waals surface area contributed by atoms with E-state index in [-0.39, 0.29) is 19.1 Å². The van der Waals surface area contributed by atoms with E-state index in [0.29, 0.717) is 6.42 Å². The van der Waals surface area contributed by atoms with Crippen molar-refractivity contribution in [2.24, 2.45) is 0 Å². The van der Waals surface area contributed by atoms with Gasteiger partial charge in [-0.2, -0.15) is 0 Å². The molecule has 0 aliphatic rings. The van der Waals surface area contributed by atoms with E-state index in [4.69, 9.17) is 14.9 Å². The smallest absolute Gasteiger partial charge is 0.305 e. The van der Waals surface area contributed by atoms with Crippen LogP contribution >= 0.6 is 0 Å². The number of aliphatic carboxylic acids is 1. The van der Waals surface area contributed by atoms with Gasteiger partial charge in [0.2, 0.25) is 0 Å². The fourth-order valence-electron chi connectivity index (χ4n) is 0.642. The van der Waals surface area contributed by atoms with Gasteiger partial charge in [-0.25, -0.2) is 0 Å². The average Bonchev–Trinajstić information content (AvgIpc) is 1.86. The molecule has 4 nitrogen and oxygen atoms in total. The Morgan fingerprint density at radius 2 is 2.30 bits per heavy atom. The number of aliphatic hydroxyl groups excluding tert-OH is 1. The summed E-state index contributed by atoms with van der Waals surface area (Å²) in [5.74, 6) is -0.902. The normalized spacial score (nSPS) is 13.0. The van der Waals surface area contributed by atoms with E-state index < -0.39 is 5.97 Å². The van der Waals surface area contributed by atoms with Gasteiger partial charge in [0, 0.05) is 13.7 Å². The van der Waals surface area contributed by atoms with E-state index in [9.17, 15) is 4.79 Å². The number of hydrogen-bond donors (Lipinski definition) is 2. The SMILES string of the molecule is COC(CCO)CC(=O)O. The highest BCUT2D eigenvalue weighted by Gasteiger charge is 2.10. The first-order chi connectivity index (χ1) is 4.70. The Morgan fingerprint density at radius 1 is 1.70 bits per heavy atom. The minimum atomic E-state index is -0.902. The van der Waals surface area contributed by atoms with Gasteiger partial charge in [0.05, 0.1) is 12.5 Å². The quantitative estimate of drug-likeness (QED) is 0.569. The Hall–Kier alpha value is -0.610. The molecule has 0 amide bonds. The third-order valence-corrected chi connectivity index (χ3v) is 1.19. The lowest BCUT2D eigenvalue weighted by atomic mass is 10.2. The Kier molecular flexibility index (Phi) is 4.88. The first-order valence-corrected chi connectivity index (χ1v) is 3.06. The molecule has 0 rings (SSSR count). The highest BCUT2D eigenvalue weighted by Crippen LogP contribution is 2.00. The van der Waals surface area contributed by atoms with Gasteiger partial charge < -0.3 is 14.9 Å². The molecule has 4 heteroatoms. The van der Waals surface area contributed by atoms with Crippen molar-refractivity contribution < 1.29 is 19.7 Å². The van der Waals surface area contributed by atoms with Crippen molar-refractivity contribution in [2.75, 3.05) is 13.7 Å². The first kappa shape index (κ1) is 9.39. The predicted octanol–water partition coefficient (Wildman–Crippen LogP) is -0.142. The molecule has 0 saturated heterocycles. The number of aliphatic hydroxyl groups is 1. The second-order valence-electron chi connectivity index (χ2n) is 1.97. The number of carboxylic acids is 1. The zero-order chi connectivity index (χ0) is 7.98. The van der Waals surface area contributed by atoms with E-state index in [1.807, 2.05) is 0 Å². The first-order valence-electron chi connectivity index (χ1n) is 3.06. The Balaban J connectivity index is 3.49. The maximum Gasteiger partial charge on any atom is 0.305 e. The zero-order valence-electron chi connectivity index (χ0n) is 5.91. The molecule has 0 aromatic heterocycles. The number of rotatable bonds is 5. The summed E-state index contributed by atoms with van der Waals surface area (Å²) in [5.41, 5.74) is 0. The van der Waals surface area contributed by atoms with E-state index >= 15 is 0 Å². The molecule has 0 aliphatic carbocycles. The Bertz CT molecular complexity index is 102. The number of ether oxygens (including phenoxy) is 1. The van der Waals surface area contributed by atoms with Gasteiger partial charge >= 0.3 is 5.97 Å². The van der Waals surface area contributed by atoms with E-state index in [1.165, 1.54) is 7.11 Å². The molecule has 0 radical (unpaired) electrons. The average molecular weight is 148 g/mol. The van der Waals surface area contributed by atoms with Crippen molar-refractivity contribution in [1.29, 1.82) is 0 Å². The standard InChI is InChI=1S/C6H12O4/c1-10-5(2-3-7)4-6(8)9/h5,7H,2-4H2,1H3,(H,8,9). The number of methoxy groups -OCH3 is 1. The molecule has 1 atom stereocenters. The van der Waals surface area contributed by atoms with Crippen molar-refractivity contribution in [3.05, 3.63) is 0 Å². The van der Waals surface area contributed by atoms with Gasteiger partial charge in [0.15, 0.2) is 0 Å². The summed E-state index contributed by atoms with van der Waals surface area (Å²) in [4.78, 5) is 10.1. The van der Waals surface area contributed by atoms with Crippen molar-refractivity contribution in [1.82, 2.24) is 0 Å². The number of carbonyl (C=O) groups is 1.